The average Bonchev–Trinajstić information content (AvgIpc) is 2.29. The fourth-order valence-electron chi connectivity index (χ4n) is 1.45. The second kappa shape index (κ2) is 3.22. The molecule has 1 aliphatic heterocycles. The first-order valence-corrected chi connectivity index (χ1v) is 3.78. The number of ether oxygens (including phenoxy) is 1. The Bertz CT molecular complexity index is 157. The van der Waals surface area contributed by atoms with E-state index >= 15 is 0 Å². The van der Waals surface area contributed by atoms with Crippen LogP contribution in [0.4, 0.5) is 13.2 Å². The van der Waals surface area contributed by atoms with Gasteiger partial charge in [-0.15, -0.1) is 0 Å². The topological polar surface area (TPSA) is 29.5 Å². The van der Waals surface area contributed by atoms with Crippen LogP contribution in [-0.4, -0.2) is 30.1 Å². The fourth-order valence-corrected chi connectivity index (χ4v) is 1.45. The lowest BCUT2D eigenvalue weighted by atomic mass is 10.0. The highest BCUT2D eigenvalue weighted by atomic mass is 19.4. The molecule has 1 fully saturated rings. The molecule has 0 unspecified atom stereocenters. The Kier molecular flexibility index (Phi) is 2.63. The van der Waals surface area contributed by atoms with Crippen molar-refractivity contribution in [3.8, 4) is 0 Å². The van der Waals surface area contributed by atoms with E-state index < -0.39 is 24.3 Å². The first-order chi connectivity index (χ1) is 5.45. The van der Waals surface area contributed by atoms with E-state index in [4.69, 9.17) is 9.84 Å². The number of aliphatic hydroxyl groups excluding tert-OH is 1. The maximum atomic E-state index is 12.2. The van der Waals surface area contributed by atoms with Crippen molar-refractivity contribution in [3.05, 3.63) is 0 Å². The lowest BCUT2D eigenvalue weighted by Gasteiger charge is -2.16. The molecule has 5 heteroatoms. The maximum Gasteiger partial charge on any atom is 0.394 e. The monoisotopic (exact) mass is 184 g/mol. The van der Waals surface area contributed by atoms with Crippen LogP contribution in [-0.2, 0) is 4.74 Å². The van der Waals surface area contributed by atoms with Crippen LogP contribution in [0.15, 0.2) is 0 Å². The SMILES string of the molecule is C[C@@H]1O[C@H](CO)C[C@@H]1C(F)(F)F. The van der Waals surface area contributed by atoms with Crippen molar-refractivity contribution in [3.63, 3.8) is 0 Å². The number of halogens is 3. The molecule has 72 valence electrons. The molecule has 0 aliphatic carbocycles. The van der Waals surface area contributed by atoms with Crippen LogP contribution in [0.3, 0.4) is 0 Å². The van der Waals surface area contributed by atoms with E-state index in [1.807, 2.05) is 0 Å². The molecular weight excluding hydrogens is 173 g/mol. The van der Waals surface area contributed by atoms with Crippen molar-refractivity contribution >= 4 is 0 Å². The van der Waals surface area contributed by atoms with Gasteiger partial charge in [-0.25, -0.2) is 0 Å². The molecule has 0 aromatic heterocycles. The Morgan fingerprint density at radius 2 is 2.08 bits per heavy atom. The second-order valence-electron chi connectivity index (χ2n) is 3.03. The zero-order valence-electron chi connectivity index (χ0n) is 6.64. The highest BCUT2D eigenvalue weighted by Crippen LogP contribution is 2.38. The molecule has 0 radical (unpaired) electrons. The number of aliphatic hydroxyl groups is 1. The summed E-state index contributed by atoms with van der Waals surface area (Å²) in [5.41, 5.74) is 0. The third-order valence-electron chi connectivity index (χ3n) is 2.11. The van der Waals surface area contributed by atoms with Gasteiger partial charge in [-0.1, -0.05) is 0 Å². The van der Waals surface area contributed by atoms with Gasteiger partial charge in [-0.2, -0.15) is 13.2 Å². The predicted molar refractivity (Wildman–Crippen MR) is 35.6 cm³/mol. The van der Waals surface area contributed by atoms with Crippen LogP contribution < -0.4 is 0 Å². The van der Waals surface area contributed by atoms with E-state index in [2.05, 4.69) is 0 Å². The third kappa shape index (κ3) is 1.90. The summed E-state index contributed by atoms with van der Waals surface area (Å²) < 4.78 is 41.4. The van der Waals surface area contributed by atoms with Crippen LogP contribution >= 0.6 is 0 Å². The molecule has 0 aromatic carbocycles. The van der Waals surface area contributed by atoms with Crippen molar-refractivity contribution in [1.29, 1.82) is 0 Å². The van der Waals surface area contributed by atoms with Gasteiger partial charge in [-0.05, 0) is 13.3 Å². The third-order valence-corrected chi connectivity index (χ3v) is 2.11. The van der Waals surface area contributed by atoms with Gasteiger partial charge in [-0.3, -0.25) is 0 Å². The highest BCUT2D eigenvalue weighted by molar-refractivity contribution is 4.84. The normalized spacial score (nSPS) is 37.2. The van der Waals surface area contributed by atoms with Crippen LogP contribution in [0, 0.1) is 5.92 Å². The van der Waals surface area contributed by atoms with Crippen molar-refractivity contribution < 1.29 is 23.0 Å². The molecule has 0 aromatic rings. The van der Waals surface area contributed by atoms with Crippen molar-refractivity contribution in [1.82, 2.24) is 0 Å². The molecule has 2 nitrogen and oxygen atoms in total. The lowest BCUT2D eigenvalue weighted by Crippen LogP contribution is -2.28. The Balaban J connectivity index is 2.58. The number of rotatable bonds is 1. The summed E-state index contributed by atoms with van der Waals surface area (Å²) >= 11 is 0. The fraction of sp³-hybridized carbons (Fsp3) is 1.00. The van der Waals surface area contributed by atoms with E-state index in [0.29, 0.717) is 0 Å². The molecule has 12 heavy (non-hydrogen) atoms. The van der Waals surface area contributed by atoms with Crippen LogP contribution in [0.25, 0.3) is 0 Å². The Morgan fingerprint density at radius 3 is 2.33 bits per heavy atom. The van der Waals surface area contributed by atoms with E-state index in [9.17, 15) is 13.2 Å². The molecule has 1 saturated heterocycles. The molecule has 0 amide bonds. The van der Waals surface area contributed by atoms with Crippen LogP contribution in [0.5, 0.6) is 0 Å². The number of hydrogen-bond donors (Lipinski definition) is 1. The first kappa shape index (κ1) is 9.80. The van der Waals surface area contributed by atoms with E-state index in [-0.39, 0.29) is 13.0 Å². The summed E-state index contributed by atoms with van der Waals surface area (Å²) in [6.07, 6.45) is -5.81. The summed E-state index contributed by atoms with van der Waals surface area (Å²) in [5.74, 6) is -1.42. The standard InChI is InChI=1S/C7H11F3O2/c1-4-6(7(8,9)10)2-5(3-11)12-4/h4-6,11H,2-3H2,1H3/t4-,5-,6-/m0/s1. The zero-order valence-corrected chi connectivity index (χ0v) is 6.64. The Labute approximate surface area is 68.3 Å². The van der Waals surface area contributed by atoms with Crippen molar-refractivity contribution in [2.24, 2.45) is 5.92 Å². The minimum absolute atomic E-state index is 0.124. The van der Waals surface area contributed by atoms with Gasteiger partial charge in [0.2, 0.25) is 0 Å². The van der Waals surface area contributed by atoms with Gasteiger partial charge in [0, 0.05) is 0 Å². The van der Waals surface area contributed by atoms with Crippen molar-refractivity contribution in [2.75, 3.05) is 6.61 Å². The van der Waals surface area contributed by atoms with Gasteiger partial charge >= 0.3 is 6.18 Å². The van der Waals surface area contributed by atoms with Gasteiger partial charge < -0.3 is 9.84 Å². The summed E-state index contributed by atoms with van der Waals surface area (Å²) in [4.78, 5) is 0. The second-order valence-corrected chi connectivity index (χ2v) is 3.03. The minimum atomic E-state index is -4.21. The van der Waals surface area contributed by atoms with Gasteiger partial charge in [0.1, 0.15) is 0 Å². The van der Waals surface area contributed by atoms with E-state index in [1.54, 1.807) is 0 Å². The molecule has 1 heterocycles. The molecule has 1 aliphatic rings. The molecule has 0 saturated carbocycles. The quantitative estimate of drug-likeness (QED) is 0.666. The molecule has 1 rings (SSSR count). The van der Waals surface area contributed by atoms with Gasteiger partial charge in [0.25, 0.3) is 0 Å². The molecule has 1 N–H and O–H groups in total. The first-order valence-electron chi connectivity index (χ1n) is 3.78. The number of hydrogen-bond acceptors (Lipinski definition) is 2. The lowest BCUT2D eigenvalue weighted by molar-refractivity contribution is -0.184. The molecule has 3 atom stereocenters. The van der Waals surface area contributed by atoms with Crippen LogP contribution in [0.2, 0.25) is 0 Å². The Morgan fingerprint density at radius 1 is 1.50 bits per heavy atom. The Hall–Kier alpha value is -0.290. The van der Waals surface area contributed by atoms with E-state index in [1.165, 1.54) is 6.92 Å². The summed E-state index contributed by atoms with van der Waals surface area (Å²) in [5, 5.41) is 8.57. The zero-order chi connectivity index (χ0) is 9.35. The van der Waals surface area contributed by atoms with Gasteiger partial charge in [0.05, 0.1) is 24.7 Å². The van der Waals surface area contributed by atoms with Crippen LogP contribution in [0.1, 0.15) is 13.3 Å². The van der Waals surface area contributed by atoms with Crippen molar-refractivity contribution in [2.45, 2.75) is 31.7 Å². The largest absolute Gasteiger partial charge is 0.394 e. The summed E-state index contributed by atoms with van der Waals surface area (Å²) in [7, 11) is 0. The maximum absolute atomic E-state index is 12.2. The smallest absolute Gasteiger partial charge is 0.394 e. The van der Waals surface area contributed by atoms with Gasteiger partial charge in [0.15, 0.2) is 0 Å². The molecule has 0 spiro atoms. The molecular formula is C7H11F3O2. The predicted octanol–water partition coefficient (Wildman–Crippen LogP) is 1.33. The number of alkyl halides is 3. The van der Waals surface area contributed by atoms with E-state index in [0.717, 1.165) is 0 Å². The molecule has 0 bridgehead atoms. The minimum Gasteiger partial charge on any atom is -0.394 e. The average molecular weight is 184 g/mol. The summed E-state index contributed by atoms with van der Waals surface area (Å²) in [6.45, 7) is 1.05. The summed E-state index contributed by atoms with van der Waals surface area (Å²) in [6, 6.07) is 0. The highest BCUT2D eigenvalue weighted by Gasteiger charge is 2.49.